The molecule has 0 bridgehead atoms. The van der Waals surface area contributed by atoms with Gasteiger partial charge in [-0.05, 0) is 37.8 Å². The molecule has 0 spiro atoms. The molecule has 1 N–H and O–H groups in total. The average molecular weight is 359 g/mol. The van der Waals surface area contributed by atoms with Crippen molar-refractivity contribution in [3.63, 3.8) is 0 Å². The van der Waals surface area contributed by atoms with Crippen molar-refractivity contribution in [2.75, 3.05) is 20.8 Å². The second kappa shape index (κ2) is 6.64. The molecular weight excluding hydrogens is 334 g/mol. The van der Waals surface area contributed by atoms with E-state index in [1.54, 1.807) is 38.6 Å². The number of fused-ring (bicyclic) bond motifs is 2. The Kier molecular flexibility index (Phi) is 4.46. The first-order valence-electron chi connectivity index (χ1n) is 9.08. The molecule has 1 aliphatic carbocycles. The van der Waals surface area contributed by atoms with Gasteiger partial charge in [0.25, 0.3) is 5.56 Å². The van der Waals surface area contributed by atoms with Gasteiger partial charge in [0.05, 0.1) is 17.4 Å². The van der Waals surface area contributed by atoms with Crippen molar-refractivity contribution >= 4 is 5.65 Å². The first-order valence-corrected chi connectivity index (χ1v) is 9.08. The van der Waals surface area contributed by atoms with Gasteiger partial charge in [-0.25, -0.2) is 4.98 Å². The molecule has 0 aromatic carbocycles. The van der Waals surface area contributed by atoms with E-state index in [2.05, 4.69) is 9.88 Å². The number of methoxy groups -OCH3 is 2. The molecule has 3 heterocycles. The molecule has 7 heteroatoms. The highest BCUT2D eigenvalue weighted by Gasteiger charge is 2.51. The first kappa shape index (κ1) is 17.5. The molecule has 26 heavy (non-hydrogen) atoms. The SMILES string of the molecule is CO[C@@H]1CC[C@]2(OC)CCN(Cc3cc(=O)n4cccc(O)c4n3)[C@@H]2C1. The minimum absolute atomic E-state index is 0.0104. The summed E-state index contributed by atoms with van der Waals surface area (Å²) in [6, 6.07) is 4.97. The van der Waals surface area contributed by atoms with Crippen LogP contribution in [0.5, 0.6) is 5.75 Å². The molecule has 1 saturated heterocycles. The lowest BCUT2D eigenvalue weighted by molar-refractivity contribution is -0.0948. The number of hydrogen-bond acceptors (Lipinski definition) is 6. The van der Waals surface area contributed by atoms with Crippen molar-refractivity contribution in [2.24, 2.45) is 0 Å². The summed E-state index contributed by atoms with van der Waals surface area (Å²) < 4.78 is 12.9. The van der Waals surface area contributed by atoms with Crippen LogP contribution in [0, 0.1) is 0 Å². The van der Waals surface area contributed by atoms with Gasteiger partial charge in [0, 0.05) is 45.6 Å². The van der Waals surface area contributed by atoms with Crippen LogP contribution in [0.15, 0.2) is 29.2 Å². The van der Waals surface area contributed by atoms with Crippen LogP contribution in [0.2, 0.25) is 0 Å². The molecule has 7 nitrogen and oxygen atoms in total. The Labute approximate surface area is 152 Å². The standard InChI is InChI=1S/C19H25N3O4/c1-25-14-5-6-19(26-2)7-9-21(16(19)11-14)12-13-10-17(24)22-8-3-4-15(23)18(22)20-13/h3-4,8,10,14,16,23H,5-7,9,11-12H2,1-2H3/t14-,16-,19+/m1/s1. The Balaban J connectivity index is 1.64. The van der Waals surface area contributed by atoms with Crippen LogP contribution in [0.25, 0.3) is 5.65 Å². The highest BCUT2D eigenvalue weighted by molar-refractivity contribution is 5.52. The van der Waals surface area contributed by atoms with Gasteiger partial charge in [0.1, 0.15) is 0 Å². The van der Waals surface area contributed by atoms with Gasteiger partial charge >= 0.3 is 0 Å². The maximum absolute atomic E-state index is 12.4. The Bertz CT molecular complexity index is 867. The number of rotatable bonds is 4. The Morgan fingerprint density at radius 3 is 3.00 bits per heavy atom. The van der Waals surface area contributed by atoms with Crippen LogP contribution in [-0.2, 0) is 16.0 Å². The fourth-order valence-electron chi connectivity index (χ4n) is 4.61. The number of hydrogen-bond donors (Lipinski definition) is 1. The van der Waals surface area contributed by atoms with E-state index in [0.29, 0.717) is 17.9 Å². The molecule has 3 atom stereocenters. The van der Waals surface area contributed by atoms with Crippen molar-refractivity contribution in [2.45, 2.75) is 50.0 Å². The largest absolute Gasteiger partial charge is 0.504 e. The molecule has 0 amide bonds. The lowest BCUT2D eigenvalue weighted by Gasteiger charge is -2.43. The van der Waals surface area contributed by atoms with Gasteiger partial charge in [0.2, 0.25) is 0 Å². The van der Waals surface area contributed by atoms with Gasteiger partial charge in [0.15, 0.2) is 11.4 Å². The van der Waals surface area contributed by atoms with Gasteiger partial charge < -0.3 is 14.6 Å². The van der Waals surface area contributed by atoms with E-state index in [-0.39, 0.29) is 29.1 Å². The smallest absolute Gasteiger partial charge is 0.258 e. The minimum Gasteiger partial charge on any atom is -0.504 e. The summed E-state index contributed by atoms with van der Waals surface area (Å²) in [5.74, 6) is 0.0104. The van der Waals surface area contributed by atoms with Crippen molar-refractivity contribution in [3.05, 3.63) is 40.4 Å². The maximum atomic E-state index is 12.4. The average Bonchev–Trinajstić information content (AvgIpc) is 3.01. The molecule has 2 aromatic heterocycles. The molecule has 0 radical (unpaired) electrons. The molecule has 140 valence electrons. The fourth-order valence-corrected chi connectivity index (χ4v) is 4.61. The summed E-state index contributed by atoms with van der Waals surface area (Å²) in [7, 11) is 3.56. The number of aromatic hydroxyl groups is 1. The zero-order valence-corrected chi connectivity index (χ0v) is 15.2. The monoisotopic (exact) mass is 359 g/mol. The van der Waals surface area contributed by atoms with Crippen molar-refractivity contribution in [1.29, 1.82) is 0 Å². The summed E-state index contributed by atoms with van der Waals surface area (Å²) in [5.41, 5.74) is 0.647. The van der Waals surface area contributed by atoms with E-state index >= 15 is 0 Å². The molecule has 2 fully saturated rings. The number of ether oxygens (including phenoxy) is 2. The Morgan fingerprint density at radius 1 is 1.38 bits per heavy atom. The van der Waals surface area contributed by atoms with Crippen molar-refractivity contribution in [3.8, 4) is 5.75 Å². The second-order valence-corrected chi connectivity index (χ2v) is 7.31. The number of nitrogens with zero attached hydrogens (tertiary/aromatic N) is 3. The molecular formula is C19H25N3O4. The normalized spacial score (nSPS) is 29.2. The van der Waals surface area contributed by atoms with E-state index in [1.807, 2.05) is 0 Å². The van der Waals surface area contributed by atoms with Crippen LogP contribution >= 0.6 is 0 Å². The topological polar surface area (TPSA) is 76.3 Å². The molecule has 4 rings (SSSR count). The van der Waals surface area contributed by atoms with E-state index in [4.69, 9.17) is 9.47 Å². The summed E-state index contributed by atoms with van der Waals surface area (Å²) in [4.78, 5) is 19.2. The van der Waals surface area contributed by atoms with Gasteiger partial charge in [-0.3, -0.25) is 14.1 Å². The van der Waals surface area contributed by atoms with E-state index in [0.717, 1.165) is 32.2 Å². The number of aromatic nitrogens is 2. The van der Waals surface area contributed by atoms with Crippen LogP contribution in [0.1, 0.15) is 31.4 Å². The van der Waals surface area contributed by atoms with Crippen LogP contribution in [0.4, 0.5) is 0 Å². The summed E-state index contributed by atoms with van der Waals surface area (Å²) in [6.07, 6.45) is 5.74. The van der Waals surface area contributed by atoms with E-state index in [1.165, 1.54) is 4.40 Å². The lowest BCUT2D eigenvalue weighted by atomic mass is 9.79. The predicted molar refractivity (Wildman–Crippen MR) is 96.3 cm³/mol. The van der Waals surface area contributed by atoms with Crippen LogP contribution in [-0.4, -0.2) is 57.9 Å². The summed E-state index contributed by atoms with van der Waals surface area (Å²) >= 11 is 0. The van der Waals surface area contributed by atoms with Gasteiger partial charge in [-0.2, -0.15) is 0 Å². The summed E-state index contributed by atoms with van der Waals surface area (Å²) in [5, 5.41) is 10.0. The first-order chi connectivity index (χ1) is 12.6. The van der Waals surface area contributed by atoms with Gasteiger partial charge in [-0.15, -0.1) is 0 Å². The highest BCUT2D eigenvalue weighted by Crippen LogP contribution is 2.43. The zero-order chi connectivity index (χ0) is 18.3. The number of likely N-dealkylation sites (tertiary alicyclic amines) is 1. The second-order valence-electron chi connectivity index (χ2n) is 7.31. The van der Waals surface area contributed by atoms with Crippen molar-refractivity contribution < 1.29 is 14.6 Å². The molecule has 2 aliphatic rings. The quantitative estimate of drug-likeness (QED) is 0.893. The maximum Gasteiger partial charge on any atom is 0.258 e. The Hall–Kier alpha value is -1.96. The Morgan fingerprint density at radius 2 is 2.23 bits per heavy atom. The van der Waals surface area contributed by atoms with Crippen molar-refractivity contribution in [1.82, 2.24) is 14.3 Å². The lowest BCUT2D eigenvalue weighted by Crippen LogP contribution is -2.51. The highest BCUT2D eigenvalue weighted by atomic mass is 16.5. The van der Waals surface area contributed by atoms with E-state index in [9.17, 15) is 9.90 Å². The molecule has 2 aromatic rings. The van der Waals surface area contributed by atoms with E-state index < -0.39 is 0 Å². The van der Waals surface area contributed by atoms with Crippen LogP contribution < -0.4 is 5.56 Å². The molecule has 0 unspecified atom stereocenters. The predicted octanol–water partition coefficient (Wildman–Crippen LogP) is 1.56. The third kappa shape index (κ3) is 2.80. The van der Waals surface area contributed by atoms with Gasteiger partial charge in [-0.1, -0.05) is 0 Å². The molecule has 1 aliphatic heterocycles. The third-order valence-corrected chi connectivity index (χ3v) is 6.07. The zero-order valence-electron chi connectivity index (χ0n) is 15.2. The third-order valence-electron chi connectivity index (χ3n) is 6.07. The summed E-state index contributed by atoms with van der Waals surface area (Å²) in [6.45, 7) is 1.46. The van der Waals surface area contributed by atoms with Crippen LogP contribution in [0.3, 0.4) is 0 Å². The number of pyridine rings is 1. The minimum atomic E-state index is -0.184. The molecule has 1 saturated carbocycles. The fraction of sp³-hybridized carbons (Fsp3) is 0.579.